The van der Waals surface area contributed by atoms with Crippen molar-refractivity contribution in [3.8, 4) is 5.75 Å². The number of aryl methyl sites for hydroxylation is 1. The molecule has 2 aromatic rings. The first kappa shape index (κ1) is 16.0. The maximum Gasteiger partial charge on any atom is 0.261 e. The van der Waals surface area contributed by atoms with E-state index in [1.165, 1.54) is 12.1 Å². The minimum Gasteiger partial charge on any atom is -0.480 e. The van der Waals surface area contributed by atoms with E-state index in [1.807, 2.05) is 38.1 Å². The molecule has 0 heterocycles. The van der Waals surface area contributed by atoms with Crippen molar-refractivity contribution in [2.45, 2.75) is 32.9 Å². The van der Waals surface area contributed by atoms with E-state index in [-0.39, 0.29) is 18.3 Å². The summed E-state index contributed by atoms with van der Waals surface area (Å²) in [7, 11) is 0. The van der Waals surface area contributed by atoms with E-state index in [0.717, 1.165) is 11.1 Å². The third-order valence-electron chi connectivity index (χ3n) is 3.38. The van der Waals surface area contributed by atoms with Crippen molar-refractivity contribution in [3.05, 3.63) is 65.5 Å². The Morgan fingerprint density at radius 1 is 1.23 bits per heavy atom. The average molecular weight is 301 g/mol. The first-order chi connectivity index (χ1) is 10.6. The van der Waals surface area contributed by atoms with Gasteiger partial charge in [0.2, 0.25) is 0 Å². The molecule has 0 aromatic heterocycles. The van der Waals surface area contributed by atoms with E-state index < -0.39 is 6.10 Å². The van der Waals surface area contributed by atoms with Crippen LogP contribution in [0.5, 0.6) is 5.75 Å². The quantitative estimate of drug-likeness (QED) is 0.885. The number of hydrogen-bond acceptors (Lipinski definition) is 2. The van der Waals surface area contributed by atoms with E-state index in [0.29, 0.717) is 12.2 Å². The third-order valence-corrected chi connectivity index (χ3v) is 3.38. The number of benzene rings is 2. The van der Waals surface area contributed by atoms with Gasteiger partial charge in [-0.15, -0.1) is 0 Å². The van der Waals surface area contributed by atoms with Crippen molar-refractivity contribution in [2.24, 2.45) is 0 Å². The number of ether oxygens (including phenoxy) is 1. The van der Waals surface area contributed by atoms with E-state index >= 15 is 0 Å². The molecule has 0 aliphatic heterocycles. The molecular formula is C18H20FNO2. The highest BCUT2D eigenvalue weighted by Crippen LogP contribution is 2.18. The van der Waals surface area contributed by atoms with Crippen LogP contribution in [0, 0.1) is 12.7 Å². The number of para-hydroxylation sites is 1. The largest absolute Gasteiger partial charge is 0.480 e. The molecule has 1 amide bonds. The highest BCUT2D eigenvalue weighted by molar-refractivity contribution is 5.81. The van der Waals surface area contributed by atoms with Gasteiger partial charge in [-0.2, -0.15) is 0 Å². The number of carbonyl (C=O) groups is 1. The summed E-state index contributed by atoms with van der Waals surface area (Å²) in [6.07, 6.45) is -0.00165. The molecule has 22 heavy (non-hydrogen) atoms. The number of rotatable bonds is 6. The van der Waals surface area contributed by atoms with Gasteiger partial charge in [-0.25, -0.2) is 4.39 Å². The summed E-state index contributed by atoms with van der Waals surface area (Å²) in [6, 6.07) is 13.8. The Labute approximate surface area is 130 Å². The van der Waals surface area contributed by atoms with Gasteiger partial charge in [-0.1, -0.05) is 37.3 Å². The van der Waals surface area contributed by atoms with Crippen LogP contribution >= 0.6 is 0 Å². The highest BCUT2D eigenvalue weighted by Gasteiger charge is 2.18. The topological polar surface area (TPSA) is 38.3 Å². The first-order valence-corrected chi connectivity index (χ1v) is 7.34. The van der Waals surface area contributed by atoms with Crippen LogP contribution in [0.1, 0.15) is 24.5 Å². The maximum absolute atomic E-state index is 13.1. The number of hydrogen-bond donors (Lipinski definition) is 1. The Bertz CT molecular complexity index is 642. The fraction of sp³-hybridized carbons (Fsp3) is 0.278. The van der Waals surface area contributed by atoms with Crippen molar-refractivity contribution in [1.29, 1.82) is 0 Å². The van der Waals surface area contributed by atoms with Crippen molar-refractivity contribution in [1.82, 2.24) is 5.32 Å². The molecule has 0 aliphatic rings. The van der Waals surface area contributed by atoms with Gasteiger partial charge in [0.15, 0.2) is 6.10 Å². The molecule has 116 valence electrons. The smallest absolute Gasteiger partial charge is 0.261 e. The minimum absolute atomic E-state index is 0.199. The normalized spacial score (nSPS) is 11.8. The molecule has 1 N–H and O–H groups in total. The van der Waals surface area contributed by atoms with Crippen LogP contribution in [0.25, 0.3) is 0 Å². The monoisotopic (exact) mass is 301 g/mol. The predicted octanol–water partition coefficient (Wildman–Crippen LogP) is 3.61. The number of amides is 1. The van der Waals surface area contributed by atoms with Gasteiger partial charge in [0.25, 0.3) is 5.91 Å². The molecule has 4 heteroatoms. The van der Waals surface area contributed by atoms with Crippen molar-refractivity contribution in [3.63, 3.8) is 0 Å². The fourth-order valence-electron chi connectivity index (χ4n) is 2.11. The summed E-state index contributed by atoms with van der Waals surface area (Å²) in [6.45, 7) is 4.11. The summed E-state index contributed by atoms with van der Waals surface area (Å²) >= 11 is 0. The van der Waals surface area contributed by atoms with Crippen LogP contribution in [-0.4, -0.2) is 12.0 Å². The lowest BCUT2D eigenvalue weighted by molar-refractivity contribution is -0.128. The van der Waals surface area contributed by atoms with Crippen molar-refractivity contribution in [2.75, 3.05) is 0 Å². The number of halogens is 1. The van der Waals surface area contributed by atoms with Gasteiger partial charge in [-0.3, -0.25) is 4.79 Å². The molecule has 1 atom stereocenters. The zero-order chi connectivity index (χ0) is 15.9. The van der Waals surface area contributed by atoms with Gasteiger partial charge in [0.05, 0.1) is 0 Å². The predicted molar refractivity (Wildman–Crippen MR) is 84.1 cm³/mol. The van der Waals surface area contributed by atoms with Gasteiger partial charge in [0, 0.05) is 6.54 Å². The van der Waals surface area contributed by atoms with E-state index in [9.17, 15) is 9.18 Å². The lowest BCUT2D eigenvalue weighted by Gasteiger charge is -2.18. The average Bonchev–Trinajstić information content (AvgIpc) is 2.52. The van der Waals surface area contributed by atoms with Crippen molar-refractivity contribution >= 4 is 5.91 Å². The zero-order valence-electron chi connectivity index (χ0n) is 12.8. The summed E-state index contributed by atoms with van der Waals surface area (Å²) in [5.74, 6) is 0.195. The van der Waals surface area contributed by atoms with E-state index in [1.54, 1.807) is 12.1 Å². The summed E-state index contributed by atoms with van der Waals surface area (Å²) < 4.78 is 18.9. The minimum atomic E-state index is -0.561. The Balaban J connectivity index is 1.96. The summed E-state index contributed by atoms with van der Waals surface area (Å²) in [5, 5.41) is 2.79. The van der Waals surface area contributed by atoms with Crippen LogP contribution in [-0.2, 0) is 11.3 Å². The number of nitrogens with one attached hydrogen (secondary N) is 1. The zero-order valence-corrected chi connectivity index (χ0v) is 12.8. The summed E-state index contributed by atoms with van der Waals surface area (Å²) in [4.78, 5) is 12.2. The second kappa shape index (κ2) is 7.59. The second-order valence-electron chi connectivity index (χ2n) is 5.13. The van der Waals surface area contributed by atoms with Gasteiger partial charge in [-0.05, 0) is 42.7 Å². The lowest BCUT2D eigenvalue weighted by atomic mass is 10.2. The van der Waals surface area contributed by atoms with E-state index in [4.69, 9.17) is 4.74 Å². The van der Waals surface area contributed by atoms with Gasteiger partial charge >= 0.3 is 0 Å². The van der Waals surface area contributed by atoms with Crippen LogP contribution in [0.4, 0.5) is 4.39 Å². The van der Waals surface area contributed by atoms with Gasteiger partial charge in [0.1, 0.15) is 11.6 Å². The maximum atomic E-state index is 13.1. The number of carbonyl (C=O) groups excluding carboxylic acids is 1. The van der Waals surface area contributed by atoms with Crippen LogP contribution in [0.2, 0.25) is 0 Å². The molecule has 0 saturated carbocycles. The Morgan fingerprint density at radius 2 is 2.00 bits per heavy atom. The second-order valence-corrected chi connectivity index (χ2v) is 5.13. The standard InChI is InChI=1S/C18H20FNO2/c1-3-16(22-17-10-5-4-7-13(17)2)18(21)20-12-14-8-6-9-15(19)11-14/h4-11,16H,3,12H2,1-2H3,(H,20,21). The van der Waals surface area contributed by atoms with Gasteiger partial charge < -0.3 is 10.1 Å². The summed E-state index contributed by atoms with van der Waals surface area (Å²) in [5.41, 5.74) is 1.71. The molecule has 0 spiro atoms. The molecule has 3 nitrogen and oxygen atoms in total. The molecular weight excluding hydrogens is 281 g/mol. The van der Waals surface area contributed by atoms with Crippen LogP contribution < -0.4 is 10.1 Å². The van der Waals surface area contributed by atoms with Crippen LogP contribution in [0.3, 0.4) is 0 Å². The lowest BCUT2D eigenvalue weighted by Crippen LogP contribution is -2.37. The Hall–Kier alpha value is -2.36. The first-order valence-electron chi connectivity index (χ1n) is 7.34. The molecule has 0 bridgehead atoms. The highest BCUT2D eigenvalue weighted by atomic mass is 19.1. The third kappa shape index (κ3) is 4.32. The molecule has 2 rings (SSSR count). The van der Waals surface area contributed by atoms with Crippen molar-refractivity contribution < 1.29 is 13.9 Å². The molecule has 2 aromatic carbocycles. The molecule has 1 unspecified atom stereocenters. The van der Waals surface area contributed by atoms with Crippen LogP contribution in [0.15, 0.2) is 48.5 Å². The Morgan fingerprint density at radius 3 is 2.68 bits per heavy atom. The molecule has 0 saturated heterocycles. The molecule has 0 aliphatic carbocycles. The SMILES string of the molecule is CCC(Oc1ccccc1C)C(=O)NCc1cccc(F)c1. The molecule has 0 radical (unpaired) electrons. The molecule has 0 fully saturated rings. The van der Waals surface area contributed by atoms with E-state index in [2.05, 4.69) is 5.32 Å². The Kier molecular flexibility index (Phi) is 5.53. The fourth-order valence-corrected chi connectivity index (χ4v) is 2.11.